The summed E-state index contributed by atoms with van der Waals surface area (Å²) < 4.78 is 28.4. The molecule has 7 heteroatoms. The minimum Gasteiger partial charge on any atom is -0.478 e. The van der Waals surface area contributed by atoms with Crippen LogP contribution in [0.3, 0.4) is 0 Å². The SMILES string of the molecule is O=C(O)c1cc(I)cc(S(=O)(=O)N2CCCCCCCCCCCC2)c1. The topological polar surface area (TPSA) is 74.7 Å². The van der Waals surface area contributed by atoms with E-state index in [0.717, 1.165) is 38.5 Å². The lowest BCUT2D eigenvalue weighted by atomic mass is 10.1. The van der Waals surface area contributed by atoms with Gasteiger partial charge in [0.25, 0.3) is 0 Å². The molecule has 0 atom stereocenters. The molecule has 26 heavy (non-hydrogen) atoms. The number of carboxylic acid groups (broad SMARTS) is 1. The molecule has 0 saturated carbocycles. The van der Waals surface area contributed by atoms with E-state index >= 15 is 0 Å². The lowest BCUT2D eigenvalue weighted by molar-refractivity contribution is 0.0696. The standard InChI is InChI=1S/C19H28INO4S/c20-17-13-16(19(22)23)14-18(15-17)26(24,25)21-11-9-7-5-3-1-2-4-6-8-10-12-21/h13-15H,1-12H2,(H,22,23). The van der Waals surface area contributed by atoms with E-state index in [2.05, 4.69) is 0 Å². The summed E-state index contributed by atoms with van der Waals surface area (Å²) in [5, 5.41) is 9.23. The number of benzene rings is 1. The molecule has 1 aromatic rings. The van der Waals surface area contributed by atoms with E-state index in [-0.39, 0.29) is 10.5 Å². The first-order valence-electron chi connectivity index (χ1n) is 9.45. The van der Waals surface area contributed by atoms with Crippen LogP contribution in [0.15, 0.2) is 23.1 Å². The number of carboxylic acids is 1. The summed E-state index contributed by atoms with van der Waals surface area (Å²) in [6.45, 7) is 1.02. The normalized spacial score (nSPS) is 19.1. The van der Waals surface area contributed by atoms with Crippen LogP contribution >= 0.6 is 22.6 Å². The lowest BCUT2D eigenvalue weighted by Gasteiger charge is -2.22. The molecule has 1 fully saturated rings. The number of rotatable bonds is 3. The molecule has 0 aliphatic carbocycles. The molecule has 0 spiro atoms. The van der Waals surface area contributed by atoms with Gasteiger partial charge in [-0.2, -0.15) is 4.31 Å². The Balaban J connectivity index is 2.20. The summed E-state index contributed by atoms with van der Waals surface area (Å²) in [7, 11) is -3.67. The highest BCUT2D eigenvalue weighted by Crippen LogP contribution is 2.23. The predicted octanol–water partition coefficient (Wildman–Crippen LogP) is 4.89. The van der Waals surface area contributed by atoms with Gasteiger partial charge in [-0.15, -0.1) is 0 Å². The third-order valence-electron chi connectivity index (χ3n) is 4.82. The van der Waals surface area contributed by atoms with Gasteiger partial charge in [-0.05, 0) is 53.6 Å². The van der Waals surface area contributed by atoms with E-state index in [4.69, 9.17) is 0 Å². The van der Waals surface area contributed by atoms with Gasteiger partial charge < -0.3 is 5.11 Å². The molecule has 1 saturated heterocycles. The van der Waals surface area contributed by atoms with Gasteiger partial charge in [0.05, 0.1) is 10.5 Å². The molecule has 5 nitrogen and oxygen atoms in total. The second-order valence-corrected chi connectivity index (χ2v) is 10.1. The maximum absolute atomic E-state index is 13.1. The molecule has 1 aliphatic heterocycles. The van der Waals surface area contributed by atoms with Gasteiger partial charge in [-0.3, -0.25) is 0 Å². The molecule has 2 rings (SSSR count). The minimum absolute atomic E-state index is 0.0151. The molecule has 0 bridgehead atoms. The molecule has 146 valence electrons. The van der Waals surface area contributed by atoms with Crippen molar-refractivity contribution >= 4 is 38.6 Å². The molecule has 0 unspecified atom stereocenters. The smallest absolute Gasteiger partial charge is 0.335 e. The number of sulfonamides is 1. The Morgan fingerprint density at radius 3 is 1.77 bits per heavy atom. The van der Waals surface area contributed by atoms with Crippen LogP contribution in [0.2, 0.25) is 0 Å². The first-order valence-corrected chi connectivity index (χ1v) is 12.0. The quantitative estimate of drug-likeness (QED) is 0.609. The molecule has 0 aromatic heterocycles. The minimum atomic E-state index is -3.67. The third kappa shape index (κ3) is 6.49. The van der Waals surface area contributed by atoms with Crippen LogP contribution in [0, 0.1) is 3.57 Å². The lowest BCUT2D eigenvalue weighted by Crippen LogP contribution is -2.33. The molecule has 1 aromatic carbocycles. The molecular formula is C19H28INO4S. The molecular weight excluding hydrogens is 465 g/mol. The third-order valence-corrected chi connectivity index (χ3v) is 7.32. The zero-order chi connectivity index (χ0) is 19.0. The van der Waals surface area contributed by atoms with Gasteiger partial charge in [-0.25, -0.2) is 13.2 Å². The van der Waals surface area contributed by atoms with E-state index in [0.29, 0.717) is 16.7 Å². The summed E-state index contributed by atoms with van der Waals surface area (Å²) in [6, 6.07) is 4.33. The number of aromatic carboxylic acids is 1. The van der Waals surface area contributed by atoms with E-state index in [1.165, 1.54) is 37.8 Å². The van der Waals surface area contributed by atoms with Crippen LogP contribution < -0.4 is 0 Å². The van der Waals surface area contributed by atoms with Gasteiger partial charge in [0.1, 0.15) is 0 Å². The van der Waals surface area contributed by atoms with Gasteiger partial charge in [-0.1, -0.05) is 51.4 Å². The Hall–Kier alpha value is -0.670. The fraction of sp³-hybridized carbons (Fsp3) is 0.632. The van der Waals surface area contributed by atoms with E-state index in [9.17, 15) is 18.3 Å². The average Bonchev–Trinajstić information content (AvgIpc) is 2.62. The molecule has 0 amide bonds. The number of hydrogen-bond donors (Lipinski definition) is 1. The van der Waals surface area contributed by atoms with Crippen molar-refractivity contribution in [1.82, 2.24) is 4.31 Å². The summed E-state index contributed by atoms with van der Waals surface area (Å²) >= 11 is 1.97. The maximum Gasteiger partial charge on any atom is 0.335 e. The first kappa shape index (κ1) is 21.6. The number of nitrogens with zero attached hydrogens (tertiary/aromatic N) is 1. The first-order chi connectivity index (χ1) is 12.4. The van der Waals surface area contributed by atoms with E-state index in [1.807, 2.05) is 22.6 Å². The van der Waals surface area contributed by atoms with Crippen molar-refractivity contribution < 1.29 is 18.3 Å². The monoisotopic (exact) mass is 493 g/mol. The number of hydrogen-bond acceptors (Lipinski definition) is 3. The highest BCUT2D eigenvalue weighted by molar-refractivity contribution is 14.1. The fourth-order valence-electron chi connectivity index (χ4n) is 3.33. The van der Waals surface area contributed by atoms with Crippen LogP contribution in [0.4, 0.5) is 0 Å². The Kier molecular flexibility index (Phi) is 8.83. The molecule has 1 N–H and O–H groups in total. The van der Waals surface area contributed by atoms with Gasteiger partial charge >= 0.3 is 5.97 Å². The number of carbonyl (C=O) groups is 1. The van der Waals surface area contributed by atoms with Crippen molar-refractivity contribution in [2.24, 2.45) is 0 Å². The zero-order valence-electron chi connectivity index (χ0n) is 15.1. The van der Waals surface area contributed by atoms with Crippen LogP contribution in [-0.2, 0) is 10.0 Å². The van der Waals surface area contributed by atoms with Gasteiger partial charge in [0, 0.05) is 16.7 Å². The molecule has 1 heterocycles. The molecule has 1 aliphatic rings. The van der Waals surface area contributed by atoms with Crippen molar-refractivity contribution in [2.45, 2.75) is 69.1 Å². The Labute approximate surface area is 170 Å². The van der Waals surface area contributed by atoms with Gasteiger partial charge in [0.15, 0.2) is 0 Å². The Morgan fingerprint density at radius 1 is 0.846 bits per heavy atom. The summed E-state index contributed by atoms with van der Waals surface area (Å²) in [5.41, 5.74) is 0.0151. The maximum atomic E-state index is 13.1. The Bertz CT molecular complexity index is 691. The molecule has 0 radical (unpaired) electrons. The highest BCUT2D eigenvalue weighted by atomic mass is 127. The van der Waals surface area contributed by atoms with Crippen molar-refractivity contribution in [1.29, 1.82) is 0 Å². The summed E-state index contributed by atoms with van der Waals surface area (Å²) in [5.74, 6) is -1.11. The second kappa shape index (κ2) is 10.6. The van der Waals surface area contributed by atoms with Gasteiger partial charge in [0.2, 0.25) is 10.0 Å². The van der Waals surface area contributed by atoms with Crippen molar-refractivity contribution in [3.05, 3.63) is 27.3 Å². The van der Waals surface area contributed by atoms with Crippen molar-refractivity contribution in [2.75, 3.05) is 13.1 Å². The van der Waals surface area contributed by atoms with Crippen LogP contribution in [0.5, 0.6) is 0 Å². The Morgan fingerprint density at radius 2 is 1.31 bits per heavy atom. The number of halogens is 1. The van der Waals surface area contributed by atoms with Crippen LogP contribution in [-0.4, -0.2) is 36.9 Å². The highest BCUT2D eigenvalue weighted by Gasteiger charge is 2.25. The summed E-state index contributed by atoms with van der Waals surface area (Å²) in [4.78, 5) is 11.4. The fourth-order valence-corrected chi connectivity index (χ4v) is 5.80. The predicted molar refractivity (Wildman–Crippen MR) is 111 cm³/mol. The van der Waals surface area contributed by atoms with E-state index in [1.54, 1.807) is 10.4 Å². The average molecular weight is 493 g/mol. The van der Waals surface area contributed by atoms with Crippen LogP contribution in [0.1, 0.15) is 74.6 Å². The summed E-state index contributed by atoms with van der Waals surface area (Å²) in [6.07, 6.45) is 11.1. The van der Waals surface area contributed by atoms with Crippen LogP contribution in [0.25, 0.3) is 0 Å². The van der Waals surface area contributed by atoms with E-state index < -0.39 is 16.0 Å². The van der Waals surface area contributed by atoms with Crippen molar-refractivity contribution in [3.8, 4) is 0 Å². The largest absolute Gasteiger partial charge is 0.478 e. The zero-order valence-corrected chi connectivity index (χ0v) is 18.1. The van der Waals surface area contributed by atoms with Crippen molar-refractivity contribution in [3.63, 3.8) is 0 Å². The second-order valence-electron chi connectivity index (χ2n) is 6.92.